The van der Waals surface area contributed by atoms with Crippen LogP contribution in [0.1, 0.15) is 44.0 Å². The predicted octanol–water partition coefficient (Wildman–Crippen LogP) is 3.44. The first-order valence-electron chi connectivity index (χ1n) is 11.3. The summed E-state index contributed by atoms with van der Waals surface area (Å²) in [6.45, 7) is 7.59. The maximum Gasteiger partial charge on any atom is 0.342 e. The lowest BCUT2D eigenvalue weighted by molar-refractivity contribution is 0.0378. The molecule has 0 bridgehead atoms. The Morgan fingerprint density at radius 1 is 1.25 bits per heavy atom. The van der Waals surface area contributed by atoms with Crippen LogP contribution in [0.3, 0.4) is 0 Å². The fourth-order valence-electron chi connectivity index (χ4n) is 4.78. The minimum absolute atomic E-state index is 0.0115. The second-order valence-corrected chi connectivity index (χ2v) is 9.22. The van der Waals surface area contributed by atoms with Gasteiger partial charge in [0.15, 0.2) is 0 Å². The summed E-state index contributed by atoms with van der Waals surface area (Å²) in [4.78, 5) is 38.9. The Balaban J connectivity index is 1.63. The Morgan fingerprint density at radius 2 is 1.97 bits per heavy atom. The SMILES string of the molecule is CC(C)OC(=O)c1cnc2[nH]ccc2c1N(C)[C@H]1CN(C(=O)N2CC[C@H](F)C2)CC[C@H]1C. The van der Waals surface area contributed by atoms with Crippen LogP contribution in [0.15, 0.2) is 18.5 Å². The maximum absolute atomic E-state index is 13.6. The highest BCUT2D eigenvalue weighted by atomic mass is 19.1. The number of likely N-dealkylation sites (N-methyl/N-ethyl adjacent to an activating group) is 1. The molecule has 0 aromatic carbocycles. The Kier molecular flexibility index (Phi) is 6.26. The highest BCUT2D eigenvalue weighted by Gasteiger charge is 2.37. The highest BCUT2D eigenvalue weighted by Crippen LogP contribution is 2.34. The van der Waals surface area contributed by atoms with Crippen LogP contribution in [-0.4, -0.2) is 83.3 Å². The Labute approximate surface area is 187 Å². The number of aromatic amines is 1. The number of aromatic nitrogens is 2. The molecule has 0 unspecified atom stereocenters. The zero-order valence-corrected chi connectivity index (χ0v) is 19.2. The molecule has 8 nitrogen and oxygen atoms in total. The molecule has 2 saturated heterocycles. The lowest BCUT2D eigenvalue weighted by atomic mass is 9.91. The average molecular weight is 446 g/mol. The smallest absolute Gasteiger partial charge is 0.342 e. The molecule has 0 spiro atoms. The zero-order valence-electron chi connectivity index (χ0n) is 19.2. The van der Waals surface area contributed by atoms with Crippen molar-refractivity contribution < 1.29 is 18.7 Å². The quantitative estimate of drug-likeness (QED) is 0.729. The molecule has 4 rings (SSSR count). The van der Waals surface area contributed by atoms with Crippen LogP contribution < -0.4 is 4.90 Å². The van der Waals surface area contributed by atoms with E-state index >= 15 is 0 Å². The van der Waals surface area contributed by atoms with Crippen LogP contribution in [-0.2, 0) is 4.74 Å². The van der Waals surface area contributed by atoms with Gasteiger partial charge in [0, 0.05) is 50.5 Å². The number of urea groups is 1. The molecule has 0 saturated carbocycles. The van der Waals surface area contributed by atoms with E-state index in [1.165, 1.54) is 0 Å². The molecule has 0 radical (unpaired) electrons. The molecule has 174 valence electrons. The minimum atomic E-state index is -0.936. The van der Waals surface area contributed by atoms with Gasteiger partial charge < -0.3 is 24.4 Å². The van der Waals surface area contributed by atoms with E-state index < -0.39 is 12.1 Å². The lowest BCUT2D eigenvalue weighted by Crippen LogP contribution is -2.55. The molecule has 1 N–H and O–H groups in total. The van der Waals surface area contributed by atoms with Crippen molar-refractivity contribution in [1.82, 2.24) is 19.8 Å². The van der Waals surface area contributed by atoms with Gasteiger partial charge in [-0.3, -0.25) is 0 Å². The van der Waals surface area contributed by atoms with E-state index in [0.29, 0.717) is 43.2 Å². The number of hydrogen-bond acceptors (Lipinski definition) is 5. The second kappa shape index (κ2) is 8.96. The van der Waals surface area contributed by atoms with Crippen LogP contribution in [0.2, 0.25) is 0 Å². The summed E-state index contributed by atoms with van der Waals surface area (Å²) in [7, 11) is 1.95. The summed E-state index contributed by atoms with van der Waals surface area (Å²) in [5, 5.41) is 0.834. The summed E-state index contributed by atoms with van der Waals surface area (Å²) in [5.41, 5.74) is 1.84. The number of likely N-dealkylation sites (tertiary alicyclic amines) is 2. The molecule has 2 amide bonds. The Morgan fingerprint density at radius 3 is 2.66 bits per heavy atom. The summed E-state index contributed by atoms with van der Waals surface area (Å²) < 4.78 is 19.1. The number of carbonyl (C=O) groups is 2. The van der Waals surface area contributed by atoms with Crippen molar-refractivity contribution >= 4 is 28.7 Å². The highest BCUT2D eigenvalue weighted by molar-refractivity contribution is 6.04. The number of nitrogens with one attached hydrogen (secondary N) is 1. The van der Waals surface area contributed by atoms with Crippen molar-refractivity contribution in [3.63, 3.8) is 0 Å². The van der Waals surface area contributed by atoms with E-state index in [-0.39, 0.29) is 24.7 Å². The number of hydrogen-bond donors (Lipinski definition) is 1. The molecule has 2 aliphatic rings. The molecule has 32 heavy (non-hydrogen) atoms. The number of pyridine rings is 1. The fraction of sp³-hybridized carbons (Fsp3) is 0.609. The number of rotatable bonds is 4. The van der Waals surface area contributed by atoms with Crippen LogP contribution in [0.25, 0.3) is 11.0 Å². The van der Waals surface area contributed by atoms with Gasteiger partial charge in [0.25, 0.3) is 0 Å². The molecule has 2 aromatic heterocycles. The summed E-state index contributed by atoms with van der Waals surface area (Å²) >= 11 is 0. The zero-order chi connectivity index (χ0) is 23.0. The number of piperidine rings is 1. The maximum atomic E-state index is 13.6. The summed E-state index contributed by atoms with van der Waals surface area (Å²) in [6, 6.07) is 1.79. The van der Waals surface area contributed by atoms with Crippen LogP contribution in [0, 0.1) is 5.92 Å². The van der Waals surface area contributed by atoms with E-state index in [2.05, 4.69) is 21.8 Å². The molecule has 4 heterocycles. The van der Waals surface area contributed by atoms with E-state index in [4.69, 9.17) is 4.74 Å². The van der Waals surface area contributed by atoms with Crippen molar-refractivity contribution in [3.05, 3.63) is 24.0 Å². The molecule has 2 fully saturated rings. The topological polar surface area (TPSA) is 81.8 Å². The van der Waals surface area contributed by atoms with E-state index in [1.54, 1.807) is 17.3 Å². The van der Waals surface area contributed by atoms with Gasteiger partial charge in [-0.05, 0) is 38.7 Å². The van der Waals surface area contributed by atoms with Crippen LogP contribution in [0.5, 0.6) is 0 Å². The number of H-pyrrole nitrogens is 1. The number of fused-ring (bicyclic) bond motifs is 1. The normalized spacial score (nSPS) is 23.8. The van der Waals surface area contributed by atoms with Gasteiger partial charge in [-0.15, -0.1) is 0 Å². The standard InChI is InChI=1S/C23H32FN5O3/c1-14(2)32-22(30)18-11-26-21-17(5-8-25-21)20(18)27(4)19-13-29(9-6-15(19)3)23(31)28-10-7-16(24)12-28/h5,8,11,14-16,19H,6-7,9-10,12-13H2,1-4H3,(H,25,26)/t15-,16+,19+/m1/s1. The molecular formula is C23H32FN5O3. The molecule has 0 aliphatic carbocycles. The van der Waals surface area contributed by atoms with Crippen molar-refractivity contribution in [3.8, 4) is 0 Å². The van der Waals surface area contributed by atoms with Crippen LogP contribution >= 0.6 is 0 Å². The van der Waals surface area contributed by atoms with Crippen molar-refractivity contribution in [2.75, 3.05) is 38.1 Å². The van der Waals surface area contributed by atoms with E-state index in [9.17, 15) is 14.0 Å². The van der Waals surface area contributed by atoms with Gasteiger partial charge in [0.1, 0.15) is 17.4 Å². The van der Waals surface area contributed by atoms with Crippen molar-refractivity contribution in [2.24, 2.45) is 5.92 Å². The first-order valence-corrected chi connectivity index (χ1v) is 11.3. The third-order valence-electron chi connectivity index (χ3n) is 6.56. The lowest BCUT2D eigenvalue weighted by Gasteiger charge is -2.43. The monoisotopic (exact) mass is 445 g/mol. The number of alkyl halides is 1. The van der Waals surface area contributed by atoms with Gasteiger partial charge in [0.2, 0.25) is 0 Å². The van der Waals surface area contributed by atoms with Gasteiger partial charge in [-0.1, -0.05) is 6.92 Å². The van der Waals surface area contributed by atoms with Crippen molar-refractivity contribution in [1.29, 1.82) is 0 Å². The Bertz CT molecular complexity index is 993. The van der Waals surface area contributed by atoms with Crippen molar-refractivity contribution in [2.45, 2.75) is 51.9 Å². The predicted molar refractivity (Wildman–Crippen MR) is 121 cm³/mol. The first kappa shape index (κ1) is 22.4. The number of halogens is 1. The average Bonchev–Trinajstić information content (AvgIpc) is 3.40. The minimum Gasteiger partial charge on any atom is -0.459 e. The van der Waals surface area contributed by atoms with Gasteiger partial charge in [-0.25, -0.2) is 19.0 Å². The number of amides is 2. The number of carbonyl (C=O) groups excluding carboxylic acids is 2. The molecule has 2 aromatic rings. The molecule has 3 atom stereocenters. The number of anilines is 1. The number of ether oxygens (including phenoxy) is 1. The molecule has 9 heteroatoms. The second-order valence-electron chi connectivity index (χ2n) is 9.22. The Hall–Kier alpha value is -2.84. The summed E-state index contributed by atoms with van der Waals surface area (Å²) in [6.07, 6.45) is 3.41. The largest absolute Gasteiger partial charge is 0.459 e. The van der Waals surface area contributed by atoms with E-state index in [0.717, 1.165) is 17.5 Å². The van der Waals surface area contributed by atoms with Crippen LogP contribution in [0.4, 0.5) is 14.9 Å². The van der Waals surface area contributed by atoms with Gasteiger partial charge in [0.05, 0.1) is 18.3 Å². The first-order chi connectivity index (χ1) is 15.3. The third-order valence-corrected chi connectivity index (χ3v) is 6.56. The summed E-state index contributed by atoms with van der Waals surface area (Å²) in [5.74, 6) is -0.118. The van der Waals surface area contributed by atoms with Gasteiger partial charge >= 0.3 is 12.0 Å². The molecular weight excluding hydrogens is 413 g/mol. The van der Waals surface area contributed by atoms with Gasteiger partial charge in [-0.2, -0.15) is 0 Å². The molecule has 2 aliphatic heterocycles. The number of esters is 1. The number of nitrogens with zero attached hydrogens (tertiary/aromatic N) is 4. The van der Waals surface area contributed by atoms with E-state index in [1.807, 2.05) is 31.9 Å². The fourth-order valence-corrected chi connectivity index (χ4v) is 4.78. The third kappa shape index (κ3) is 4.25.